The zero-order chi connectivity index (χ0) is 17.6. The van der Waals surface area contributed by atoms with E-state index in [2.05, 4.69) is 15.5 Å². The summed E-state index contributed by atoms with van der Waals surface area (Å²) in [5, 5.41) is 22.6. The number of rotatable bonds is 6. The lowest BCUT2D eigenvalue weighted by atomic mass is 10.1. The van der Waals surface area contributed by atoms with Gasteiger partial charge in [0.15, 0.2) is 0 Å². The molecule has 126 valence electrons. The summed E-state index contributed by atoms with van der Waals surface area (Å²) in [6, 6.07) is 15.7. The molecule has 0 fully saturated rings. The molecule has 1 aromatic heterocycles. The fourth-order valence-corrected chi connectivity index (χ4v) is 3.65. The minimum atomic E-state index is -0.586. The zero-order valence-electron chi connectivity index (χ0n) is 12.8. The molecule has 9 heteroatoms. The molecule has 0 aliphatic rings. The number of carbonyl (C=O) groups excluding carboxylic acids is 1. The molecule has 0 radical (unpaired) electrons. The van der Waals surface area contributed by atoms with E-state index in [9.17, 15) is 14.9 Å². The van der Waals surface area contributed by atoms with Crippen LogP contribution in [0.5, 0.6) is 0 Å². The Kier molecular flexibility index (Phi) is 5.36. The predicted molar refractivity (Wildman–Crippen MR) is 97.0 cm³/mol. The number of amides is 1. The molecule has 0 aliphatic heterocycles. The number of anilines is 1. The Balaban J connectivity index is 1.65. The van der Waals surface area contributed by atoms with Gasteiger partial charge in [-0.05, 0) is 18.2 Å². The van der Waals surface area contributed by atoms with Gasteiger partial charge in [0.05, 0.1) is 10.7 Å². The van der Waals surface area contributed by atoms with E-state index in [0.717, 1.165) is 9.90 Å². The first-order valence-electron chi connectivity index (χ1n) is 7.18. The smallest absolute Gasteiger partial charge is 0.282 e. The number of carbonyl (C=O) groups is 1. The second-order valence-corrected chi connectivity index (χ2v) is 6.94. The van der Waals surface area contributed by atoms with Crippen LogP contribution in [-0.4, -0.2) is 21.0 Å². The summed E-state index contributed by atoms with van der Waals surface area (Å²) in [5.41, 5.74) is -0.257. The van der Waals surface area contributed by atoms with Gasteiger partial charge >= 0.3 is 0 Å². The average Bonchev–Trinajstić information content (AvgIpc) is 3.08. The number of benzene rings is 2. The van der Waals surface area contributed by atoms with Gasteiger partial charge in [0, 0.05) is 11.0 Å². The Bertz CT molecular complexity index is 899. The van der Waals surface area contributed by atoms with Crippen molar-refractivity contribution in [3.8, 4) is 0 Å². The van der Waals surface area contributed by atoms with Gasteiger partial charge in [0.1, 0.15) is 10.6 Å². The van der Waals surface area contributed by atoms with Crippen molar-refractivity contribution in [1.82, 2.24) is 10.2 Å². The molecule has 0 atom stereocenters. The van der Waals surface area contributed by atoms with Gasteiger partial charge in [0.25, 0.3) is 11.6 Å². The van der Waals surface area contributed by atoms with Crippen molar-refractivity contribution in [2.45, 2.75) is 10.6 Å². The van der Waals surface area contributed by atoms with E-state index in [0.29, 0.717) is 10.9 Å². The third-order valence-corrected chi connectivity index (χ3v) is 5.18. The van der Waals surface area contributed by atoms with Crippen LogP contribution >= 0.6 is 23.1 Å². The van der Waals surface area contributed by atoms with Crippen LogP contribution in [0.4, 0.5) is 10.8 Å². The number of nitro benzene ring substituents is 1. The van der Waals surface area contributed by atoms with E-state index in [1.54, 1.807) is 17.8 Å². The van der Waals surface area contributed by atoms with Crippen LogP contribution in [0.3, 0.4) is 0 Å². The number of nitro groups is 1. The molecule has 3 rings (SSSR count). The van der Waals surface area contributed by atoms with Gasteiger partial charge < -0.3 is 0 Å². The second-order valence-electron chi connectivity index (χ2n) is 4.83. The molecule has 25 heavy (non-hydrogen) atoms. The van der Waals surface area contributed by atoms with Crippen molar-refractivity contribution in [1.29, 1.82) is 0 Å². The average molecular weight is 372 g/mol. The minimum Gasteiger partial charge on any atom is -0.296 e. The monoisotopic (exact) mass is 372 g/mol. The molecular weight excluding hydrogens is 360 g/mol. The SMILES string of the molecule is O=C(Nc1nnc(CSc2ccccc2)s1)c1ccccc1[N+](=O)[O-]. The second kappa shape index (κ2) is 7.86. The van der Waals surface area contributed by atoms with Gasteiger partial charge in [-0.2, -0.15) is 0 Å². The third kappa shape index (κ3) is 4.40. The summed E-state index contributed by atoms with van der Waals surface area (Å²) in [6.07, 6.45) is 0. The van der Waals surface area contributed by atoms with Crippen molar-refractivity contribution < 1.29 is 9.72 Å². The molecule has 0 unspecified atom stereocenters. The molecule has 3 aromatic rings. The summed E-state index contributed by atoms with van der Waals surface area (Å²) in [7, 11) is 0. The number of para-hydroxylation sites is 1. The van der Waals surface area contributed by atoms with Crippen molar-refractivity contribution >= 4 is 39.8 Å². The van der Waals surface area contributed by atoms with Gasteiger partial charge in [-0.1, -0.05) is 41.7 Å². The first kappa shape index (κ1) is 17.1. The maximum Gasteiger partial charge on any atom is 0.282 e. The quantitative estimate of drug-likeness (QED) is 0.399. The Labute approximate surface area is 151 Å². The fraction of sp³-hybridized carbons (Fsp3) is 0.0625. The normalized spacial score (nSPS) is 10.4. The van der Waals surface area contributed by atoms with Crippen LogP contribution in [0.25, 0.3) is 0 Å². The highest BCUT2D eigenvalue weighted by molar-refractivity contribution is 7.98. The highest BCUT2D eigenvalue weighted by atomic mass is 32.2. The predicted octanol–water partition coefficient (Wildman–Crippen LogP) is 3.99. The van der Waals surface area contributed by atoms with Crippen molar-refractivity contribution in [3.63, 3.8) is 0 Å². The molecule has 1 amide bonds. The summed E-state index contributed by atoms with van der Waals surface area (Å²) < 4.78 is 0. The molecule has 1 N–H and O–H groups in total. The molecule has 0 saturated carbocycles. The maximum atomic E-state index is 12.2. The van der Waals surface area contributed by atoms with Gasteiger partial charge in [-0.15, -0.1) is 22.0 Å². The van der Waals surface area contributed by atoms with Crippen molar-refractivity contribution in [3.05, 3.63) is 75.3 Å². The Morgan fingerprint density at radius 3 is 2.60 bits per heavy atom. The van der Waals surface area contributed by atoms with Crippen LogP contribution in [0.15, 0.2) is 59.5 Å². The third-order valence-electron chi connectivity index (χ3n) is 3.14. The highest BCUT2D eigenvalue weighted by Gasteiger charge is 2.20. The van der Waals surface area contributed by atoms with Crippen LogP contribution in [0, 0.1) is 10.1 Å². The minimum absolute atomic E-state index is 0.0112. The Morgan fingerprint density at radius 1 is 1.12 bits per heavy atom. The summed E-state index contributed by atoms with van der Waals surface area (Å²) >= 11 is 2.86. The molecule has 7 nitrogen and oxygen atoms in total. The summed E-state index contributed by atoms with van der Waals surface area (Å²) in [6.45, 7) is 0. The number of nitrogens with one attached hydrogen (secondary N) is 1. The van der Waals surface area contributed by atoms with Crippen LogP contribution < -0.4 is 5.32 Å². The topological polar surface area (TPSA) is 98.0 Å². The van der Waals surface area contributed by atoms with Crippen LogP contribution in [0.1, 0.15) is 15.4 Å². The Morgan fingerprint density at radius 2 is 1.84 bits per heavy atom. The number of thioether (sulfide) groups is 1. The van der Waals surface area contributed by atoms with Gasteiger partial charge in [-0.25, -0.2) is 0 Å². The Hall–Kier alpha value is -2.78. The molecule has 0 aliphatic carbocycles. The molecule has 0 saturated heterocycles. The standard InChI is InChI=1S/C16H12N4O3S2/c21-15(12-8-4-5-9-13(12)20(22)23)17-16-19-18-14(25-16)10-24-11-6-2-1-3-7-11/h1-9H,10H2,(H,17,19,21). The van der Waals surface area contributed by atoms with Gasteiger partial charge in [0.2, 0.25) is 5.13 Å². The van der Waals surface area contributed by atoms with E-state index >= 15 is 0 Å². The summed E-state index contributed by atoms with van der Waals surface area (Å²) in [4.78, 5) is 23.8. The maximum absolute atomic E-state index is 12.2. The fourth-order valence-electron chi connectivity index (χ4n) is 2.01. The molecule has 1 heterocycles. The number of hydrogen-bond donors (Lipinski definition) is 1. The number of nitrogens with zero attached hydrogens (tertiary/aromatic N) is 3. The zero-order valence-corrected chi connectivity index (χ0v) is 14.4. The first-order chi connectivity index (χ1) is 12.1. The number of hydrogen-bond acceptors (Lipinski definition) is 7. The highest BCUT2D eigenvalue weighted by Crippen LogP contribution is 2.26. The van der Waals surface area contributed by atoms with Crippen LogP contribution in [0.2, 0.25) is 0 Å². The molecular formula is C16H12N4O3S2. The lowest BCUT2D eigenvalue weighted by molar-refractivity contribution is -0.385. The van der Waals surface area contributed by atoms with E-state index < -0.39 is 10.8 Å². The van der Waals surface area contributed by atoms with Crippen LogP contribution in [-0.2, 0) is 5.75 Å². The van der Waals surface area contributed by atoms with E-state index in [-0.39, 0.29) is 11.3 Å². The van der Waals surface area contributed by atoms with Gasteiger partial charge in [-0.3, -0.25) is 20.2 Å². The lowest BCUT2D eigenvalue weighted by Crippen LogP contribution is -2.13. The summed E-state index contributed by atoms with van der Waals surface area (Å²) in [5.74, 6) is 0.0500. The van der Waals surface area contributed by atoms with Crippen molar-refractivity contribution in [2.75, 3.05) is 5.32 Å². The molecule has 0 bridgehead atoms. The van der Waals surface area contributed by atoms with Crippen molar-refractivity contribution in [2.24, 2.45) is 0 Å². The first-order valence-corrected chi connectivity index (χ1v) is 8.98. The molecule has 2 aromatic carbocycles. The largest absolute Gasteiger partial charge is 0.296 e. The lowest BCUT2D eigenvalue weighted by Gasteiger charge is -2.01. The molecule has 0 spiro atoms. The van der Waals surface area contributed by atoms with E-state index in [4.69, 9.17) is 0 Å². The van der Waals surface area contributed by atoms with E-state index in [1.807, 2.05) is 30.3 Å². The number of aromatic nitrogens is 2. The van der Waals surface area contributed by atoms with E-state index in [1.165, 1.54) is 29.5 Å².